The van der Waals surface area contributed by atoms with Gasteiger partial charge < -0.3 is 15.2 Å². The molecule has 2 rings (SSSR count). The molecule has 1 unspecified atom stereocenters. The molecule has 1 atom stereocenters. The smallest absolute Gasteiger partial charge is 0.160 e. The maximum atomic E-state index is 9.75. The van der Waals surface area contributed by atoms with E-state index >= 15 is 0 Å². The van der Waals surface area contributed by atoms with Crippen LogP contribution in [0, 0.1) is 0 Å². The van der Waals surface area contributed by atoms with E-state index in [0.29, 0.717) is 5.75 Å². The summed E-state index contributed by atoms with van der Waals surface area (Å²) in [5.41, 5.74) is 2.15. The van der Waals surface area contributed by atoms with Gasteiger partial charge >= 0.3 is 0 Å². The molecule has 2 aromatic rings. The van der Waals surface area contributed by atoms with Crippen molar-refractivity contribution >= 4 is 21.6 Å². The Bertz CT molecular complexity index is 569. The minimum absolute atomic E-state index is 0.147. The van der Waals surface area contributed by atoms with Crippen molar-refractivity contribution in [3.05, 3.63) is 52.5 Å². The number of nitrogens with one attached hydrogen (secondary N) is 1. The van der Waals surface area contributed by atoms with E-state index in [-0.39, 0.29) is 11.8 Å². The summed E-state index contributed by atoms with van der Waals surface area (Å²) in [5, 5.41) is 13.1. The minimum atomic E-state index is 0.147. The van der Waals surface area contributed by atoms with Crippen molar-refractivity contribution in [2.45, 2.75) is 19.4 Å². The summed E-state index contributed by atoms with van der Waals surface area (Å²) in [4.78, 5) is 0. The zero-order valence-electron chi connectivity index (χ0n) is 11.6. The van der Waals surface area contributed by atoms with Crippen LogP contribution in [0.15, 0.2) is 46.9 Å². The maximum absolute atomic E-state index is 9.75. The fraction of sp³-hybridized carbons (Fsp3) is 0.250. The van der Waals surface area contributed by atoms with Crippen LogP contribution in [0.3, 0.4) is 0 Å². The summed E-state index contributed by atoms with van der Waals surface area (Å²) in [6.07, 6.45) is 0.917. The van der Waals surface area contributed by atoms with Crippen LogP contribution in [0.1, 0.15) is 12.5 Å². The molecule has 0 aliphatic heterocycles. The predicted molar refractivity (Wildman–Crippen MR) is 85.6 cm³/mol. The Balaban J connectivity index is 1.99. The van der Waals surface area contributed by atoms with Crippen LogP contribution in [0.25, 0.3) is 0 Å². The van der Waals surface area contributed by atoms with Gasteiger partial charge in [-0.2, -0.15) is 0 Å². The summed E-state index contributed by atoms with van der Waals surface area (Å²) < 4.78 is 6.11. The van der Waals surface area contributed by atoms with Gasteiger partial charge in [0.2, 0.25) is 0 Å². The lowest BCUT2D eigenvalue weighted by atomic mass is 10.1. The molecule has 0 saturated carbocycles. The number of rotatable bonds is 5. The van der Waals surface area contributed by atoms with Gasteiger partial charge in [0.1, 0.15) is 0 Å². The number of aromatic hydroxyl groups is 1. The largest absolute Gasteiger partial charge is 0.504 e. The summed E-state index contributed by atoms with van der Waals surface area (Å²) in [5.74, 6) is 0.629. The molecular formula is C16H18BrNO2. The first kappa shape index (κ1) is 14.7. The number of halogens is 1. The molecular weight excluding hydrogens is 318 g/mol. The monoisotopic (exact) mass is 335 g/mol. The molecule has 0 spiro atoms. The van der Waals surface area contributed by atoms with Crippen molar-refractivity contribution in [3.63, 3.8) is 0 Å². The number of phenolic OH excluding ortho intramolecular Hbond substituents is 1. The van der Waals surface area contributed by atoms with Crippen LogP contribution >= 0.6 is 15.9 Å². The number of ether oxygens (including phenoxy) is 1. The second-order valence-corrected chi connectivity index (χ2v) is 5.68. The number of phenols is 1. The van der Waals surface area contributed by atoms with Crippen molar-refractivity contribution < 1.29 is 9.84 Å². The average molecular weight is 336 g/mol. The van der Waals surface area contributed by atoms with Crippen LogP contribution in [0.2, 0.25) is 0 Å². The number of anilines is 1. The molecule has 0 radical (unpaired) electrons. The number of benzene rings is 2. The van der Waals surface area contributed by atoms with Gasteiger partial charge in [-0.3, -0.25) is 0 Å². The normalized spacial score (nSPS) is 11.9. The highest BCUT2D eigenvalue weighted by Gasteiger charge is 2.06. The lowest BCUT2D eigenvalue weighted by Gasteiger charge is -2.16. The lowest BCUT2D eigenvalue weighted by molar-refractivity contribution is 0.373. The van der Waals surface area contributed by atoms with Gasteiger partial charge in [-0.05, 0) is 43.2 Å². The van der Waals surface area contributed by atoms with E-state index in [0.717, 1.165) is 16.6 Å². The summed E-state index contributed by atoms with van der Waals surface area (Å²) >= 11 is 3.43. The third-order valence-corrected chi connectivity index (χ3v) is 3.58. The van der Waals surface area contributed by atoms with Crippen molar-refractivity contribution in [3.8, 4) is 11.5 Å². The van der Waals surface area contributed by atoms with Crippen LogP contribution in [0.4, 0.5) is 5.69 Å². The SMILES string of the molecule is COc1ccc(NC(C)Cc2ccc(Br)cc2)cc1O. The van der Waals surface area contributed by atoms with E-state index in [9.17, 15) is 5.11 Å². The van der Waals surface area contributed by atoms with E-state index < -0.39 is 0 Å². The van der Waals surface area contributed by atoms with Crippen molar-refractivity contribution in [2.75, 3.05) is 12.4 Å². The highest BCUT2D eigenvalue weighted by Crippen LogP contribution is 2.29. The highest BCUT2D eigenvalue weighted by atomic mass is 79.9. The van der Waals surface area contributed by atoms with Gasteiger partial charge in [0.05, 0.1) is 7.11 Å². The fourth-order valence-electron chi connectivity index (χ4n) is 2.09. The van der Waals surface area contributed by atoms with Crippen LogP contribution < -0.4 is 10.1 Å². The average Bonchev–Trinajstić information content (AvgIpc) is 2.41. The maximum Gasteiger partial charge on any atom is 0.160 e. The Morgan fingerprint density at radius 1 is 1.20 bits per heavy atom. The quantitative estimate of drug-likeness (QED) is 0.860. The molecule has 0 bridgehead atoms. The molecule has 0 amide bonds. The van der Waals surface area contributed by atoms with E-state index in [1.54, 1.807) is 12.1 Å². The van der Waals surface area contributed by atoms with Gasteiger partial charge in [-0.25, -0.2) is 0 Å². The second-order valence-electron chi connectivity index (χ2n) is 4.76. The minimum Gasteiger partial charge on any atom is -0.504 e. The predicted octanol–water partition coefficient (Wildman–Crippen LogP) is 4.21. The third-order valence-electron chi connectivity index (χ3n) is 3.05. The fourth-order valence-corrected chi connectivity index (χ4v) is 2.35. The molecule has 0 aliphatic rings. The number of hydrogen-bond donors (Lipinski definition) is 2. The standard InChI is InChI=1S/C16H18BrNO2/c1-11(9-12-3-5-13(17)6-4-12)18-14-7-8-16(20-2)15(19)10-14/h3-8,10-11,18-19H,9H2,1-2H3. The molecule has 2 aromatic carbocycles. The molecule has 0 aliphatic carbocycles. The van der Waals surface area contributed by atoms with Crippen molar-refractivity contribution in [1.82, 2.24) is 0 Å². The highest BCUT2D eigenvalue weighted by molar-refractivity contribution is 9.10. The first-order valence-corrected chi connectivity index (χ1v) is 7.26. The van der Waals surface area contributed by atoms with Gasteiger partial charge in [0.15, 0.2) is 11.5 Å². The van der Waals surface area contributed by atoms with E-state index in [4.69, 9.17) is 4.74 Å². The van der Waals surface area contributed by atoms with Gasteiger partial charge in [0, 0.05) is 22.3 Å². The van der Waals surface area contributed by atoms with Crippen molar-refractivity contribution in [2.24, 2.45) is 0 Å². The van der Waals surface area contributed by atoms with E-state index in [1.807, 2.05) is 18.2 Å². The number of methoxy groups -OCH3 is 1. The zero-order chi connectivity index (χ0) is 14.5. The molecule has 2 N–H and O–H groups in total. The molecule has 20 heavy (non-hydrogen) atoms. The molecule has 0 fully saturated rings. The molecule has 3 nitrogen and oxygen atoms in total. The Labute approximate surface area is 127 Å². The van der Waals surface area contributed by atoms with Crippen LogP contribution in [0.5, 0.6) is 11.5 Å². The summed E-state index contributed by atoms with van der Waals surface area (Å²) in [6, 6.07) is 13.9. The van der Waals surface area contributed by atoms with Crippen molar-refractivity contribution in [1.29, 1.82) is 0 Å². The summed E-state index contributed by atoms with van der Waals surface area (Å²) in [7, 11) is 1.54. The first-order chi connectivity index (χ1) is 9.58. The zero-order valence-corrected chi connectivity index (χ0v) is 13.1. The number of hydrogen-bond acceptors (Lipinski definition) is 3. The molecule has 0 aromatic heterocycles. The summed E-state index contributed by atoms with van der Waals surface area (Å²) in [6.45, 7) is 2.11. The van der Waals surface area contributed by atoms with Gasteiger partial charge in [-0.1, -0.05) is 28.1 Å². The van der Waals surface area contributed by atoms with E-state index in [1.165, 1.54) is 12.7 Å². The Hall–Kier alpha value is -1.68. The Morgan fingerprint density at radius 2 is 1.90 bits per heavy atom. The van der Waals surface area contributed by atoms with Gasteiger partial charge in [-0.15, -0.1) is 0 Å². The third kappa shape index (κ3) is 3.90. The molecule has 0 heterocycles. The molecule has 4 heteroatoms. The second kappa shape index (κ2) is 6.66. The van der Waals surface area contributed by atoms with Gasteiger partial charge in [0.25, 0.3) is 0 Å². The van der Waals surface area contributed by atoms with E-state index in [2.05, 4.69) is 40.3 Å². The Kier molecular flexibility index (Phi) is 4.90. The van der Waals surface area contributed by atoms with Crippen LogP contribution in [-0.2, 0) is 6.42 Å². The molecule has 0 saturated heterocycles. The van der Waals surface area contributed by atoms with Crippen LogP contribution in [-0.4, -0.2) is 18.3 Å². The first-order valence-electron chi connectivity index (χ1n) is 6.46. The Morgan fingerprint density at radius 3 is 2.50 bits per heavy atom. The lowest BCUT2D eigenvalue weighted by Crippen LogP contribution is -2.17. The molecule has 106 valence electrons. The topological polar surface area (TPSA) is 41.5 Å².